The van der Waals surface area contributed by atoms with Gasteiger partial charge >= 0.3 is 18.7 Å². The van der Waals surface area contributed by atoms with Crippen molar-refractivity contribution in [1.82, 2.24) is 0 Å². The van der Waals surface area contributed by atoms with Crippen molar-refractivity contribution in [3.63, 3.8) is 0 Å². The average molecular weight is 252 g/mol. The van der Waals surface area contributed by atoms with E-state index in [1.165, 1.54) is 12.1 Å². The van der Waals surface area contributed by atoms with Gasteiger partial charge in [0.25, 0.3) is 0 Å². The number of benzene rings is 1. The van der Waals surface area contributed by atoms with Crippen LogP contribution in [0, 0.1) is 0 Å². The molecule has 86 valence electrons. The maximum Gasteiger partial charge on any atom is 0.721 e. The lowest BCUT2D eigenvalue weighted by atomic mass is 10.2. The number of halogens is 4. The third-order valence-corrected chi connectivity index (χ3v) is 2.11. The highest BCUT2D eigenvalue weighted by Crippen LogP contribution is 2.44. The summed E-state index contributed by atoms with van der Waals surface area (Å²) in [5.74, 6) is 0.192. The van der Waals surface area contributed by atoms with Gasteiger partial charge in [-0.25, -0.2) is 0 Å². The molecular formula is C8H5BClF3O3. The van der Waals surface area contributed by atoms with Gasteiger partial charge in [-0.05, 0) is 23.7 Å². The van der Waals surface area contributed by atoms with Crippen LogP contribution in [0.4, 0.5) is 13.2 Å². The van der Waals surface area contributed by atoms with E-state index in [0.29, 0.717) is 0 Å². The van der Waals surface area contributed by atoms with Gasteiger partial charge in [0.2, 0.25) is 0 Å². The van der Waals surface area contributed by atoms with E-state index in [4.69, 9.17) is 16.3 Å². The Balaban J connectivity index is 2.05. The lowest BCUT2D eigenvalue weighted by Crippen LogP contribution is -2.35. The fourth-order valence-corrected chi connectivity index (χ4v) is 1.18. The van der Waals surface area contributed by atoms with Gasteiger partial charge in [0, 0.05) is 0 Å². The zero-order chi connectivity index (χ0) is 11.8. The molecule has 0 N–H and O–H groups in total. The fraction of sp³-hybridized carbons (Fsp3) is 0.250. The summed E-state index contributed by atoms with van der Waals surface area (Å²) in [6, 6.07) is 7.84. The summed E-state index contributed by atoms with van der Waals surface area (Å²) in [7, 11) is -1.89. The lowest BCUT2D eigenvalue weighted by molar-refractivity contribution is -0.249. The van der Waals surface area contributed by atoms with Gasteiger partial charge in [-0.15, -0.1) is 0 Å². The number of rotatable bonds is 2. The number of para-hydroxylation sites is 1. The predicted octanol–water partition coefficient (Wildman–Crippen LogP) is 2.55. The molecule has 2 rings (SSSR count). The molecule has 3 nitrogen and oxygen atoms in total. The van der Waals surface area contributed by atoms with E-state index in [1.54, 1.807) is 18.2 Å². The van der Waals surface area contributed by atoms with Crippen LogP contribution in [-0.4, -0.2) is 18.7 Å². The Hall–Kier alpha value is -0.915. The summed E-state index contributed by atoms with van der Waals surface area (Å²) in [5.41, 5.74) is 0. The minimum atomic E-state index is -4.26. The Kier molecular flexibility index (Phi) is 2.77. The molecule has 8 heteroatoms. The summed E-state index contributed by atoms with van der Waals surface area (Å²) in [6.45, 7) is 0. The topological polar surface area (TPSA) is 27.7 Å². The van der Waals surface area contributed by atoms with E-state index >= 15 is 0 Å². The molecule has 0 spiro atoms. The van der Waals surface area contributed by atoms with E-state index in [2.05, 4.69) is 9.31 Å². The molecule has 1 aliphatic rings. The molecule has 1 aromatic carbocycles. The van der Waals surface area contributed by atoms with Crippen LogP contribution in [0.1, 0.15) is 0 Å². The van der Waals surface area contributed by atoms with Crippen molar-refractivity contribution in [2.24, 2.45) is 0 Å². The third-order valence-electron chi connectivity index (χ3n) is 1.80. The van der Waals surface area contributed by atoms with Crippen molar-refractivity contribution in [2.75, 3.05) is 0 Å². The van der Waals surface area contributed by atoms with Gasteiger partial charge in [0.1, 0.15) is 5.75 Å². The molecule has 0 aromatic heterocycles. The molecule has 1 fully saturated rings. The molecule has 0 aliphatic carbocycles. The summed E-state index contributed by atoms with van der Waals surface area (Å²) >= 11 is 4.78. The monoisotopic (exact) mass is 252 g/mol. The largest absolute Gasteiger partial charge is 0.721 e. The zero-order valence-corrected chi connectivity index (χ0v) is 8.46. The highest BCUT2D eigenvalue weighted by molar-refractivity contribution is 6.41. The second-order valence-corrected chi connectivity index (χ2v) is 3.47. The highest BCUT2D eigenvalue weighted by Gasteiger charge is 2.69. The van der Waals surface area contributed by atoms with Gasteiger partial charge in [0.15, 0.2) is 0 Å². The summed E-state index contributed by atoms with van der Waals surface area (Å²) in [4.78, 5) is 0. The van der Waals surface area contributed by atoms with Crippen molar-refractivity contribution in [2.45, 2.75) is 11.4 Å². The first-order chi connectivity index (χ1) is 7.41. The first-order valence-electron chi connectivity index (χ1n) is 4.24. The smallest absolute Gasteiger partial charge is 0.512 e. The first-order valence-corrected chi connectivity index (χ1v) is 4.61. The average Bonchev–Trinajstić information content (AvgIpc) is 2.36. The van der Waals surface area contributed by atoms with Crippen LogP contribution >= 0.6 is 11.6 Å². The predicted molar refractivity (Wildman–Crippen MR) is 49.6 cm³/mol. The van der Waals surface area contributed by atoms with E-state index in [1.807, 2.05) is 0 Å². The summed E-state index contributed by atoms with van der Waals surface area (Å²) in [6.07, 6.45) is -4.26. The van der Waals surface area contributed by atoms with Gasteiger partial charge in [-0.1, -0.05) is 18.2 Å². The molecular weight excluding hydrogens is 247 g/mol. The van der Waals surface area contributed by atoms with Gasteiger partial charge in [0.05, 0.1) is 0 Å². The van der Waals surface area contributed by atoms with E-state index < -0.39 is 18.7 Å². The Morgan fingerprint density at radius 2 is 1.75 bits per heavy atom. The zero-order valence-electron chi connectivity index (χ0n) is 7.70. The Bertz CT molecular complexity index is 360. The maximum absolute atomic E-state index is 12.9. The van der Waals surface area contributed by atoms with Gasteiger partial charge in [-0.2, -0.15) is 13.2 Å². The molecule has 0 amide bonds. The Labute approximate surface area is 94.2 Å². The molecule has 1 aromatic rings. The van der Waals surface area contributed by atoms with E-state index in [9.17, 15) is 13.2 Å². The number of hydrogen-bond acceptors (Lipinski definition) is 3. The highest BCUT2D eigenvalue weighted by atomic mass is 35.5. The van der Waals surface area contributed by atoms with Crippen LogP contribution in [0.15, 0.2) is 30.3 Å². The molecule has 0 bridgehead atoms. The SMILES string of the molecule is FC1(F)OB(Oc2ccccc2)OC1(F)Cl. The van der Waals surface area contributed by atoms with Crippen molar-refractivity contribution >= 4 is 18.9 Å². The van der Waals surface area contributed by atoms with Crippen molar-refractivity contribution < 1.29 is 27.1 Å². The summed E-state index contributed by atoms with van der Waals surface area (Å²) < 4.78 is 51.2. The van der Waals surface area contributed by atoms with E-state index in [0.717, 1.165) is 0 Å². The van der Waals surface area contributed by atoms with Gasteiger partial charge < -0.3 is 14.0 Å². The van der Waals surface area contributed by atoms with Crippen LogP contribution < -0.4 is 4.65 Å². The number of alkyl halides is 4. The molecule has 1 saturated heterocycles. The number of hydrogen-bond donors (Lipinski definition) is 0. The van der Waals surface area contributed by atoms with Crippen LogP contribution in [0.25, 0.3) is 0 Å². The molecule has 1 unspecified atom stereocenters. The molecule has 0 saturated carbocycles. The third kappa shape index (κ3) is 2.11. The molecule has 1 atom stereocenters. The van der Waals surface area contributed by atoms with Crippen LogP contribution in [0.5, 0.6) is 5.75 Å². The van der Waals surface area contributed by atoms with Crippen molar-refractivity contribution in [3.05, 3.63) is 30.3 Å². The molecule has 1 aliphatic heterocycles. The van der Waals surface area contributed by atoms with Crippen LogP contribution in [0.2, 0.25) is 0 Å². The normalized spacial score (nSPS) is 28.1. The maximum atomic E-state index is 12.9. The molecule has 0 radical (unpaired) electrons. The second-order valence-electron chi connectivity index (χ2n) is 2.99. The van der Waals surface area contributed by atoms with Crippen LogP contribution in [-0.2, 0) is 9.31 Å². The van der Waals surface area contributed by atoms with Gasteiger partial charge in [-0.3, -0.25) is 0 Å². The lowest BCUT2D eigenvalue weighted by Gasteiger charge is -2.15. The minimum absolute atomic E-state index is 0.192. The quantitative estimate of drug-likeness (QED) is 0.598. The minimum Gasteiger partial charge on any atom is -0.512 e. The van der Waals surface area contributed by atoms with Crippen molar-refractivity contribution in [3.8, 4) is 5.75 Å². The summed E-state index contributed by atoms with van der Waals surface area (Å²) in [5, 5.41) is -3.72. The standard InChI is InChI=1S/C8H5BClF3O3/c10-7(11)8(12,13)16-9(15-7)14-6-4-2-1-3-5-6/h1-5H. The molecule has 16 heavy (non-hydrogen) atoms. The Morgan fingerprint density at radius 1 is 1.12 bits per heavy atom. The first kappa shape index (κ1) is 11.6. The van der Waals surface area contributed by atoms with Crippen LogP contribution in [0.3, 0.4) is 0 Å². The Morgan fingerprint density at radius 3 is 2.25 bits per heavy atom. The van der Waals surface area contributed by atoms with E-state index in [-0.39, 0.29) is 5.75 Å². The molecule has 1 heterocycles. The van der Waals surface area contributed by atoms with Crippen molar-refractivity contribution in [1.29, 1.82) is 0 Å². The second kappa shape index (κ2) is 3.83. The fourth-order valence-electron chi connectivity index (χ4n) is 1.06.